The second-order valence-electron chi connectivity index (χ2n) is 2.79. The second kappa shape index (κ2) is 3.28. The molecule has 0 aliphatic rings. The maximum atomic E-state index is 4.08. The summed E-state index contributed by atoms with van der Waals surface area (Å²) in [7, 11) is 0. The molecule has 0 amide bonds. The van der Waals surface area contributed by atoms with Crippen molar-refractivity contribution in [2.75, 3.05) is 0 Å². The average Bonchev–Trinajstić information content (AvgIpc) is 1.93. The van der Waals surface area contributed by atoms with Crippen molar-refractivity contribution in [2.45, 2.75) is 20.8 Å². The molecular weight excluding hydrogens is 136 g/mol. The summed E-state index contributed by atoms with van der Waals surface area (Å²) in [4.78, 5) is 8.02. The third-order valence-corrected chi connectivity index (χ3v) is 1.39. The number of hydrogen-bond acceptors (Lipinski definition) is 2. The first-order chi connectivity index (χ1) is 5.20. The van der Waals surface area contributed by atoms with Gasteiger partial charge in [0.05, 0.1) is 0 Å². The van der Waals surface area contributed by atoms with Gasteiger partial charge in [0, 0.05) is 17.5 Å². The molecule has 0 saturated heterocycles. The first kappa shape index (κ1) is 7.92. The second-order valence-corrected chi connectivity index (χ2v) is 2.79. The van der Waals surface area contributed by atoms with E-state index in [0.29, 0.717) is 0 Å². The van der Waals surface area contributed by atoms with E-state index in [1.165, 1.54) is 5.57 Å². The molecular formula is C9H12N2. The van der Waals surface area contributed by atoms with Crippen LogP contribution in [-0.4, -0.2) is 9.97 Å². The summed E-state index contributed by atoms with van der Waals surface area (Å²) in [6.45, 7) is 6.11. The predicted octanol–water partition coefficient (Wildman–Crippen LogP) is 2.21. The molecule has 58 valence electrons. The summed E-state index contributed by atoms with van der Waals surface area (Å²) >= 11 is 0. The zero-order valence-corrected chi connectivity index (χ0v) is 7.13. The molecule has 0 unspecified atom stereocenters. The summed E-state index contributed by atoms with van der Waals surface area (Å²) < 4.78 is 0. The topological polar surface area (TPSA) is 25.8 Å². The summed E-state index contributed by atoms with van der Waals surface area (Å²) in [5, 5.41) is 0. The quantitative estimate of drug-likeness (QED) is 0.610. The molecule has 0 radical (unpaired) electrons. The van der Waals surface area contributed by atoms with Crippen LogP contribution in [0.3, 0.4) is 0 Å². The van der Waals surface area contributed by atoms with Crippen molar-refractivity contribution in [3.8, 4) is 0 Å². The lowest BCUT2D eigenvalue weighted by molar-refractivity contribution is 1.09. The van der Waals surface area contributed by atoms with Crippen LogP contribution in [0, 0.1) is 6.92 Å². The lowest BCUT2D eigenvalue weighted by Crippen LogP contribution is -1.87. The monoisotopic (exact) mass is 148 g/mol. The summed E-state index contributed by atoms with van der Waals surface area (Å²) in [6, 6.07) is 0. The van der Waals surface area contributed by atoms with Crippen LogP contribution < -0.4 is 0 Å². The van der Waals surface area contributed by atoms with Crippen molar-refractivity contribution >= 4 is 6.08 Å². The number of rotatable bonds is 1. The van der Waals surface area contributed by atoms with Gasteiger partial charge < -0.3 is 0 Å². The number of nitrogens with zero attached hydrogens (tertiary/aromatic N) is 2. The van der Waals surface area contributed by atoms with Gasteiger partial charge in [0.2, 0.25) is 0 Å². The minimum Gasteiger partial charge on any atom is -0.244 e. The highest BCUT2D eigenvalue weighted by Crippen LogP contribution is 2.06. The highest BCUT2D eigenvalue weighted by atomic mass is 14.8. The van der Waals surface area contributed by atoms with Crippen molar-refractivity contribution in [1.82, 2.24) is 9.97 Å². The smallest absolute Gasteiger partial charge is 0.115 e. The lowest BCUT2D eigenvalue weighted by Gasteiger charge is -1.96. The standard InChI is InChI=1S/C9H12N2/c1-7(2)4-9-5-10-6-11-8(9)3/h4-6H,1-3H3. The fourth-order valence-corrected chi connectivity index (χ4v) is 0.854. The first-order valence-electron chi connectivity index (χ1n) is 3.61. The minimum atomic E-state index is 1.03. The molecule has 1 rings (SSSR count). The van der Waals surface area contributed by atoms with Gasteiger partial charge in [-0.3, -0.25) is 0 Å². The molecule has 1 aromatic rings. The predicted molar refractivity (Wildman–Crippen MR) is 46.1 cm³/mol. The molecule has 0 atom stereocenters. The third-order valence-electron chi connectivity index (χ3n) is 1.39. The average molecular weight is 148 g/mol. The van der Waals surface area contributed by atoms with Crippen molar-refractivity contribution in [1.29, 1.82) is 0 Å². The molecule has 11 heavy (non-hydrogen) atoms. The van der Waals surface area contributed by atoms with Gasteiger partial charge in [0.25, 0.3) is 0 Å². The molecule has 0 saturated carbocycles. The van der Waals surface area contributed by atoms with Gasteiger partial charge >= 0.3 is 0 Å². The van der Waals surface area contributed by atoms with Crippen LogP contribution >= 0.6 is 0 Å². The molecule has 2 heteroatoms. The van der Waals surface area contributed by atoms with E-state index < -0.39 is 0 Å². The van der Waals surface area contributed by atoms with Crippen LogP contribution in [-0.2, 0) is 0 Å². The van der Waals surface area contributed by atoms with Crippen LogP contribution in [0.15, 0.2) is 18.1 Å². The molecule has 0 aromatic carbocycles. The molecule has 0 aliphatic heterocycles. The Morgan fingerprint density at radius 1 is 1.45 bits per heavy atom. The molecule has 0 N–H and O–H groups in total. The molecule has 0 bridgehead atoms. The Kier molecular flexibility index (Phi) is 2.36. The van der Waals surface area contributed by atoms with Crippen molar-refractivity contribution in [2.24, 2.45) is 0 Å². The lowest BCUT2D eigenvalue weighted by atomic mass is 10.2. The molecule has 2 nitrogen and oxygen atoms in total. The fraction of sp³-hybridized carbons (Fsp3) is 0.333. The van der Waals surface area contributed by atoms with E-state index in [9.17, 15) is 0 Å². The molecule has 0 aliphatic carbocycles. The van der Waals surface area contributed by atoms with Gasteiger partial charge in [-0.05, 0) is 20.8 Å². The zero-order chi connectivity index (χ0) is 8.27. The van der Waals surface area contributed by atoms with Gasteiger partial charge in [-0.15, -0.1) is 0 Å². The summed E-state index contributed by atoms with van der Waals surface area (Å²) in [6.07, 6.45) is 5.47. The fourth-order valence-electron chi connectivity index (χ4n) is 0.854. The van der Waals surface area contributed by atoms with E-state index >= 15 is 0 Å². The minimum absolute atomic E-state index is 1.03. The van der Waals surface area contributed by atoms with Gasteiger partial charge in [-0.25, -0.2) is 9.97 Å². The number of aryl methyl sites for hydroxylation is 1. The van der Waals surface area contributed by atoms with Crippen LogP contribution in [0.4, 0.5) is 0 Å². The van der Waals surface area contributed by atoms with E-state index in [-0.39, 0.29) is 0 Å². The first-order valence-corrected chi connectivity index (χ1v) is 3.61. The Hall–Kier alpha value is -1.18. The molecule has 0 fully saturated rings. The summed E-state index contributed by atoms with van der Waals surface area (Å²) in [5.41, 5.74) is 3.40. The Labute approximate surface area is 67.0 Å². The Morgan fingerprint density at radius 2 is 2.18 bits per heavy atom. The van der Waals surface area contributed by atoms with E-state index in [1.54, 1.807) is 6.33 Å². The maximum absolute atomic E-state index is 4.08. The zero-order valence-electron chi connectivity index (χ0n) is 7.13. The van der Waals surface area contributed by atoms with E-state index in [2.05, 4.69) is 29.9 Å². The van der Waals surface area contributed by atoms with Gasteiger partial charge in [-0.2, -0.15) is 0 Å². The van der Waals surface area contributed by atoms with Gasteiger partial charge in [0.1, 0.15) is 6.33 Å². The Balaban J connectivity index is 3.04. The number of aromatic nitrogens is 2. The van der Waals surface area contributed by atoms with E-state index in [4.69, 9.17) is 0 Å². The normalized spacial score (nSPS) is 9.36. The van der Waals surface area contributed by atoms with Gasteiger partial charge in [0.15, 0.2) is 0 Å². The van der Waals surface area contributed by atoms with Crippen LogP contribution in [0.25, 0.3) is 6.08 Å². The number of hydrogen-bond donors (Lipinski definition) is 0. The molecule has 1 aromatic heterocycles. The highest BCUT2D eigenvalue weighted by Gasteiger charge is 1.92. The van der Waals surface area contributed by atoms with Crippen LogP contribution in [0.1, 0.15) is 25.1 Å². The van der Waals surface area contributed by atoms with Crippen molar-refractivity contribution in [3.05, 3.63) is 29.4 Å². The van der Waals surface area contributed by atoms with Crippen LogP contribution in [0.5, 0.6) is 0 Å². The van der Waals surface area contributed by atoms with E-state index in [0.717, 1.165) is 11.3 Å². The number of allylic oxidation sites excluding steroid dienone is 1. The Bertz CT molecular complexity index is 273. The third kappa shape index (κ3) is 2.15. The van der Waals surface area contributed by atoms with Gasteiger partial charge in [-0.1, -0.05) is 11.6 Å². The largest absolute Gasteiger partial charge is 0.244 e. The van der Waals surface area contributed by atoms with Crippen molar-refractivity contribution in [3.63, 3.8) is 0 Å². The highest BCUT2D eigenvalue weighted by molar-refractivity contribution is 5.52. The van der Waals surface area contributed by atoms with Crippen molar-refractivity contribution < 1.29 is 0 Å². The SMILES string of the molecule is CC(C)=Cc1cncnc1C. The van der Waals surface area contributed by atoms with Crippen LogP contribution in [0.2, 0.25) is 0 Å². The molecule has 1 heterocycles. The Morgan fingerprint density at radius 3 is 2.73 bits per heavy atom. The van der Waals surface area contributed by atoms with E-state index in [1.807, 2.05) is 13.1 Å². The summed E-state index contributed by atoms with van der Waals surface area (Å²) in [5.74, 6) is 0. The maximum Gasteiger partial charge on any atom is 0.115 e. The molecule has 0 spiro atoms.